The van der Waals surface area contributed by atoms with E-state index in [1.54, 1.807) is 0 Å². The molecule has 0 N–H and O–H groups in total. The van der Waals surface area contributed by atoms with Crippen LogP contribution < -0.4 is 0 Å². The van der Waals surface area contributed by atoms with Crippen molar-refractivity contribution in [2.75, 3.05) is 0 Å². The fraction of sp³-hybridized carbons (Fsp3) is 0.667. The Hall–Kier alpha value is -1.14. The zero-order valence-corrected chi connectivity index (χ0v) is 11.5. The van der Waals surface area contributed by atoms with Gasteiger partial charge in [0.15, 0.2) is 10.8 Å². The Balaban J connectivity index is 1.81. The summed E-state index contributed by atoms with van der Waals surface area (Å²) >= 11 is 6.31. The van der Waals surface area contributed by atoms with E-state index in [0.717, 1.165) is 23.3 Å². The van der Waals surface area contributed by atoms with Gasteiger partial charge in [-0.25, -0.2) is 0 Å². The molecule has 1 heterocycles. The molecule has 0 atom stereocenters. The first-order chi connectivity index (χ1) is 9.18. The Morgan fingerprint density at radius 3 is 2.21 bits per heavy atom. The molecule has 0 aromatic carbocycles. The van der Waals surface area contributed by atoms with E-state index in [9.17, 15) is 0 Å². The topological polar surface area (TPSA) is 49.6 Å². The summed E-state index contributed by atoms with van der Waals surface area (Å²) in [6, 6.07) is 3.99. The molecule has 4 heteroatoms. The van der Waals surface area contributed by atoms with Crippen LogP contribution in [0.3, 0.4) is 0 Å². The number of aromatic nitrogens is 2. The van der Waals surface area contributed by atoms with Crippen molar-refractivity contribution < 1.29 is 0 Å². The van der Waals surface area contributed by atoms with Crippen LogP contribution in [0.2, 0.25) is 5.15 Å². The van der Waals surface area contributed by atoms with E-state index in [0.29, 0.717) is 10.8 Å². The van der Waals surface area contributed by atoms with E-state index in [-0.39, 0.29) is 5.41 Å². The average Bonchev–Trinajstić information content (AvgIpc) is 2.37. The van der Waals surface area contributed by atoms with Gasteiger partial charge in [-0.3, -0.25) is 0 Å². The maximum Gasteiger partial charge on any atom is 0.163 e. The largest absolute Gasteiger partial charge is 0.191 e. The van der Waals surface area contributed by atoms with Crippen molar-refractivity contribution in [1.82, 2.24) is 10.2 Å². The molecule has 4 aliphatic rings. The molecular formula is C15H16ClN3. The molecule has 1 aromatic rings. The van der Waals surface area contributed by atoms with E-state index in [1.807, 2.05) is 6.07 Å². The van der Waals surface area contributed by atoms with Gasteiger partial charge in [-0.1, -0.05) is 11.6 Å². The predicted octanol–water partition coefficient (Wildman–Crippen LogP) is 3.47. The number of hydrogen-bond donors (Lipinski definition) is 0. The standard InChI is InChI=1S/C15H16ClN3/c16-14-13(4-12(8-17)18-19-14)15-5-9-1-10(6-15)3-11(2-9)7-15/h4,9-11H,1-3,5-7H2. The molecule has 19 heavy (non-hydrogen) atoms. The van der Waals surface area contributed by atoms with Crippen LogP contribution in [-0.2, 0) is 5.41 Å². The van der Waals surface area contributed by atoms with Crippen LogP contribution in [0.5, 0.6) is 0 Å². The monoisotopic (exact) mass is 273 g/mol. The second-order valence-corrected chi connectivity index (χ2v) is 7.10. The third-order valence-corrected chi connectivity index (χ3v) is 5.75. The lowest BCUT2D eigenvalue weighted by molar-refractivity contribution is -0.00536. The zero-order valence-electron chi connectivity index (χ0n) is 10.8. The number of nitriles is 1. The molecule has 0 saturated heterocycles. The van der Waals surface area contributed by atoms with E-state index in [4.69, 9.17) is 16.9 Å². The Bertz CT molecular complexity index is 540. The molecule has 0 aliphatic heterocycles. The fourth-order valence-electron chi connectivity index (χ4n) is 5.24. The first-order valence-electron chi connectivity index (χ1n) is 7.12. The predicted molar refractivity (Wildman–Crippen MR) is 71.6 cm³/mol. The van der Waals surface area contributed by atoms with Gasteiger partial charge in [0.2, 0.25) is 0 Å². The highest BCUT2D eigenvalue weighted by Gasteiger charge is 2.52. The van der Waals surface area contributed by atoms with Gasteiger partial charge in [0, 0.05) is 5.56 Å². The lowest BCUT2D eigenvalue weighted by atomic mass is 9.48. The maximum absolute atomic E-state index is 9.04. The summed E-state index contributed by atoms with van der Waals surface area (Å²) in [5.41, 5.74) is 1.68. The number of nitrogens with zero attached hydrogens (tertiary/aromatic N) is 3. The van der Waals surface area contributed by atoms with Crippen LogP contribution in [0.1, 0.15) is 49.8 Å². The van der Waals surface area contributed by atoms with Crippen LogP contribution >= 0.6 is 11.6 Å². The van der Waals surface area contributed by atoms with Gasteiger partial charge < -0.3 is 0 Å². The average molecular weight is 274 g/mol. The molecular weight excluding hydrogens is 258 g/mol. The minimum atomic E-state index is 0.188. The van der Waals surface area contributed by atoms with Crippen LogP contribution in [0.25, 0.3) is 0 Å². The van der Waals surface area contributed by atoms with E-state index in [2.05, 4.69) is 16.3 Å². The van der Waals surface area contributed by atoms with Crippen molar-refractivity contribution in [1.29, 1.82) is 5.26 Å². The normalized spacial score (nSPS) is 39.3. The molecule has 4 aliphatic carbocycles. The Morgan fingerprint density at radius 2 is 1.68 bits per heavy atom. The number of rotatable bonds is 1. The first-order valence-corrected chi connectivity index (χ1v) is 7.50. The van der Waals surface area contributed by atoms with Gasteiger partial charge in [-0.05, 0) is 67.8 Å². The molecule has 5 rings (SSSR count). The SMILES string of the molecule is N#Cc1cc(C23CC4CC(CC(C4)C2)C3)c(Cl)nn1. The highest BCUT2D eigenvalue weighted by molar-refractivity contribution is 6.30. The summed E-state index contributed by atoms with van der Waals surface area (Å²) in [7, 11) is 0. The minimum Gasteiger partial charge on any atom is -0.191 e. The Labute approximate surface area is 118 Å². The Morgan fingerprint density at radius 1 is 1.11 bits per heavy atom. The zero-order chi connectivity index (χ0) is 13.0. The molecule has 4 fully saturated rings. The van der Waals surface area contributed by atoms with Crippen LogP contribution in [0, 0.1) is 29.1 Å². The smallest absolute Gasteiger partial charge is 0.163 e. The van der Waals surface area contributed by atoms with Crippen LogP contribution in [0.15, 0.2) is 6.07 Å². The molecule has 4 saturated carbocycles. The molecule has 0 unspecified atom stereocenters. The second-order valence-electron chi connectivity index (χ2n) is 6.74. The highest BCUT2D eigenvalue weighted by atomic mass is 35.5. The summed E-state index contributed by atoms with van der Waals surface area (Å²) in [6.07, 6.45) is 7.90. The summed E-state index contributed by atoms with van der Waals surface area (Å²) in [5.74, 6) is 2.59. The fourth-order valence-corrected chi connectivity index (χ4v) is 5.54. The molecule has 4 bridgehead atoms. The summed E-state index contributed by atoms with van der Waals surface area (Å²) in [4.78, 5) is 0. The summed E-state index contributed by atoms with van der Waals surface area (Å²) < 4.78 is 0. The number of hydrogen-bond acceptors (Lipinski definition) is 3. The molecule has 0 amide bonds. The van der Waals surface area contributed by atoms with Gasteiger partial charge in [0.25, 0.3) is 0 Å². The maximum atomic E-state index is 9.04. The van der Waals surface area contributed by atoms with Gasteiger partial charge in [0.1, 0.15) is 6.07 Å². The van der Waals surface area contributed by atoms with Crippen molar-refractivity contribution in [3.63, 3.8) is 0 Å². The van der Waals surface area contributed by atoms with Gasteiger partial charge in [-0.15, -0.1) is 10.2 Å². The molecule has 1 aromatic heterocycles. The molecule has 0 radical (unpaired) electrons. The van der Waals surface area contributed by atoms with Gasteiger partial charge in [-0.2, -0.15) is 5.26 Å². The van der Waals surface area contributed by atoms with Crippen molar-refractivity contribution in [3.05, 3.63) is 22.5 Å². The van der Waals surface area contributed by atoms with E-state index >= 15 is 0 Å². The third-order valence-electron chi connectivity index (χ3n) is 5.47. The second kappa shape index (κ2) is 3.93. The summed E-state index contributed by atoms with van der Waals surface area (Å²) in [5, 5.41) is 17.4. The lowest BCUT2D eigenvalue weighted by Gasteiger charge is -2.57. The van der Waals surface area contributed by atoms with Crippen molar-refractivity contribution in [2.24, 2.45) is 17.8 Å². The van der Waals surface area contributed by atoms with Crippen LogP contribution in [0.4, 0.5) is 0 Å². The Kier molecular flexibility index (Phi) is 2.41. The molecule has 98 valence electrons. The molecule has 3 nitrogen and oxygen atoms in total. The van der Waals surface area contributed by atoms with E-state index in [1.165, 1.54) is 38.5 Å². The highest BCUT2D eigenvalue weighted by Crippen LogP contribution is 2.61. The van der Waals surface area contributed by atoms with E-state index < -0.39 is 0 Å². The quantitative estimate of drug-likeness (QED) is 0.787. The third kappa shape index (κ3) is 1.70. The van der Waals surface area contributed by atoms with Crippen molar-refractivity contribution in [2.45, 2.75) is 43.9 Å². The van der Waals surface area contributed by atoms with Crippen molar-refractivity contribution in [3.8, 4) is 6.07 Å². The number of halogens is 1. The van der Waals surface area contributed by atoms with Gasteiger partial charge in [0.05, 0.1) is 0 Å². The summed E-state index contributed by atoms with van der Waals surface area (Å²) in [6.45, 7) is 0. The van der Waals surface area contributed by atoms with Gasteiger partial charge >= 0.3 is 0 Å². The van der Waals surface area contributed by atoms with Crippen molar-refractivity contribution >= 4 is 11.6 Å². The molecule has 0 spiro atoms. The lowest BCUT2D eigenvalue weighted by Crippen LogP contribution is -2.48. The first kappa shape index (κ1) is 11.7. The minimum absolute atomic E-state index is 0.188. The van der Waals surface area contributed by atoms with Crippen LogP contribution in [-0.4, -0.2) is 10.2 Å².